The molecule has 0 spiro atoms. The number of aliphatic hydroxyl groups excluding tert-OH is 1. The van der Waals surface area contributed by atoms with Crippen LogP contribution < -0.4 is 0 Å². The SMILES string of the molecule is CN(C)CCN(C)C[C@@H]1CN(C(=O)c2ccc(Cl)c(F)c2)C[C@@H]1CO. The highest BCUT2D eigenvalue weighted by molar-refractivity contribution is 6.30. The molecule has 140 valence electrons. The summed E-state index contributed by atoms with van der Waals surface area (Å²) in [7, 11) is 6.12. The molecule has 25 heavy (non-hydrogen) atoms. The average Bonchev–Trinajstić information content (AvgIpc) is 2.97. The first-order chi connectivity index (χ1) is 11.8. The van der Waals surface area contributed by atoms with Crippen molar-refractivity contribution in [3.05, 3.63) is 34.6 Å². The maximum absolute atomic E-state index is 13.6. The molecule has 0 aromatic heterocycles. The molecular formula is C18H27ClFN3O2. The van der Waals surface area contributed by atoms with Crippen molar-refractivity contribution in [3.63, 3.8) is 0 Å². The Morgan fingerprint density at radius 3 is 2.56 bits per heavy atom. The van der Waals surface area contributed by atoms with Gasteiger partial charge in [-0.1, -0.05) is 11.6 Å². The molecule has 0 aliphatic carbocycles. The van der Waals surface area contributed by atoms with Crippen LogP contribution in [0.25, 0.3) is 0 Å². The number of likely N-dealkylation sites (tertiary alicyclic amines) is 1. The summed E-state index contributed by atoms with van der Waals surface area (Å²) in [5.74, 6) is -0.556. The van der Waals surface area contributed by atoms with Crippen LogP contribution in [-0.2, 0) is 0 Å². The predicted octanol–water partition coefficient (Wildman–Crippen LogP) is 1.65. The van der Waals surface area contributed by atoms with Gasteiger partial charge in [-0.15, -0.1) is 0 Å². The van der Waals surface area contributed by atoms with E-state index in [-0.39, 0.29) is 29.4 Å². The normalized spacial score (nSPS) is 20.7. The first-order valence-corrected chi connectivity index (χ1v) is 8.88. The van der Waals surface area contributed by atoms with Crippen LogP contribution in [0.3, 0.4) is 0 Å². The van der Waals surface area contributed by atoms with Crippen LogP contribution >= 0.6 is 11.6 Å². The molecule has 1 aliphatic rings. The van der Waals surface area contributed by atoms with Crippen LogP contribution in [-0.4, -0.2) is 86.2 Å². The Bertz CT molecular complexity index is 600. The molecule has 1 fully saturated rings. The lowest BCUT2D eigenvalue weighted by Crippen LogP contribution is -2.35. The van der Waals surface area contributed by atoms with Crippen molar-refractivity contribution in [3.8, 4) is 0 Å². The minimum Gasteiger partial charge on any atom is -0.396 e. The maximum Gasteiger partial charge on any atom is 0.253 e. The van der Waals surface area contributed by atoms with Crippen molar-refractivity contribution in [1.29, 1.82) is 0 Å². The van der Waals surface area contributed by atoms with Gasteiger partial charge >= 0.3 is 0 Å². The van der Waals surface area contributed by atoms with Crippen LogP contribution in [0.15, 0.2) is 18.2 Å². The molecule has 1 N–H and O–H groups in total. The Labute approximate surface area is 154 Å². The van der Waals surface area contributed by atoms with Crippen LogP contribution in [0.1, 0.15) is 10.4 Å². The summed E-state index contributed by atoms with van der Waals surface area (Å²) in [6, 6.07) is 4.11. The number of amides is 1. The van der Waals surface area contributed by atoms with E-state index in [0.29, 0.717) is 18.7 Å². The zero-order chi connectivity index (χ0) is 18.6. The second-order valence-corrected chi connectivity index (χ2v) is 7.51. The van der Waals surface area contributed by atoms with Crippen LogP contribution in [0.2, 0.25) is 5.02 Å². The molecule has 0 unspecified atom stereocenters. The highest BCUT2D eigenvalue weighted by atomic mass is 35.5. The number of rotatable bonds is 7. The summed E-state index contributed by atoms with van der Waals surface area (Å²) in [5.41, 5.74) is 0.292. The fourth-order valence-corrected chi connectivity index (χ4v) is 3.31. The zero-order valence-corrected chi connectivity index (χ0v) is 15.8. The molecule has 1 aliphatic heterocycles. The van der Waals surface area contributed by atoms with Gasteiger partial charge in [0.1, 0.15) is 5.82 Å². The largest absolute Gasteiger partial charge is 0.396 e. The third-order valence-corrected chi connectivity index (χ3v) is 5.05. The van der Waals surface area contributed by atoms with Crippen LogP contribution in [0.4, 0.5) is 4.39 Å². The van der Waals surface area contributed by atoms with E-state index in [1.54, 1.807) is 4.90 Å². The van der Waals surface area contributed by atoms with E-state index in [0.717, 1.165) is 19.6 Å². The first-order valence-electron chi connectivity index (χ1n) is 8.50. The van der Waals surface area contributed by atoms with Crippen LogP contribution in [0, 0.1) is 17.7 Å². The second kappa shape index (κ2) is 8.94. The van der Waals surface area contributed by atoms with E-state index in [1.165, 1.54) is 18.2 Å². The summed E-state index contributed by atoms with van der Waals surface area (Å²) < 4.78 is 13.6. The van der Waals surface area contributed by atoms with E-state index in [9.17, 15) is 14.3 Å². The number of benzene rings is 1. The van der Waals surface area contributed by atoms with Gasteiger partial charge in [-0.3, -0.25) is 4.79 Å². The number of nitrogens with zero attached hydrogens (tertiary/aromatic N) is 3. The van der Waals surface area contributed by atoms with Gasteiger partial charge < -0.3 is 19.8 Å². The van der Waals surface area contributed by atoms with E-state index < -0.39 is 5.82 Å². The Hall–Kier alpha value is -1.21. The number of hydrogen-bond donors (Lipinski definition) is 1. The quantitative estimate of drug-likeness (QED) is 0.791. The Morgan fingerprint density at radius 2 is 1.96 bits per heavy atom. The highest BCUT2D eigenvalue weighted by Crippen LogP contribution is 2.26. The van der Waals surface area contributed by atoms with Crippen molar-refractivity contribution >= 4 is 17.5 Å². The minimum atomic E-state index is -0.592. The topological polar surface area (TPSA) is 47.0 Å². The summed E-state index contributed by atoms with van der Waals surface area (Å²) in [6.07, 6.45) is 0. The minimum absolute atomic E-state index is 0.00611. The monoisotopic (exact) mass is 371 g/mol. The first kappa shape index (κ1) is 20.1. The molecule has 2 rings (SSSR count). The van der Waals surface area contributed by atoms with Crippen molar-refractivity contribution in [2.45, 2.75) is 0 Å². The van der Waals surface area contributed by atoms with Gasteiger partial charge in [-0.2, -0.15) is 0 Å². The Balaban J connectivity index is 1.99. The van der Waals surface area contributed by atoms with Gasteiger partial charge in [0.2, 0.25) is 0 Å². The zero-order valence-electron chi connectivity index (χ0n) is 15.1. The van der Waals surface area contributed by atoms with Crippen molar-refractivity contribution < 1.29 is 14.3 Å². The lowest BCUT2D eigenvalue weighted by Gasteiger charge is -2.25. The summed E-state index contributed by atoms with van der Waals surface area (Å²) in [6.45, 7) is 3.81. The molecule has 1 saturated heterocycles. The lowest BCUT2D eigenvalue weighted by atomic mass is 9.96. The average molecular weight is 372 g/mol. The Kier molecular flexibility index (Phi) is 7.19. The molecule has 1 aromatic carbocycles. The standard InChI is InChI=1S/C18H27ClFN3O2/c1-21(2)6-7-22(3)9-14-10-23(11-15(14)12-24)18(25)13-4-5-16(19)17(20)8-13/h4-5,8,14-15,24H,6-7,9-12H2,1-3H3/t14-,15-/m1/s1. The molecule has 0 radical (unpaired) electrons. The maximum atomic E-state index is 13.6. The molecule has 2 atom stereocenters. The molecule has 1 amide bonds. The second-order valence-electron chi connectivity index (χ2n) is 7.11. The third-order valence-electron chi connectivity index (χ3n) is 4.74. The number of likely N-dealkylation sites (N-methyl/N-ethyl adjacent to an activating group) is 2. The third kappa shape index (κ3) is 5.38. The molecule has 1 aromatic rings. The summed E-state index contributed by atoms with van der Waals surface area (Å²) >= 11 is 5.68. The highest BCUT2D eigenvalue weighted by Gasteiger charge is 2.35. The molecule has 1 heterocycles. The number of halogens is 2. The van der Waals surface area contributed by atoms with Gasteiger partial charge in [0, 0.05) is 50.8 Å². The van der Waals surface area contributed by atoms with Gasteiger partial charge in [0.05, 0.1) is 5.02 Å². The fourth-order valence-electron chi connectivity index (χ4n) is 3.19. The van der Waals surface area contributed by atoms with Gasteiger partial charge in [-0.05, 0) is 45.3 Å². The Morgan fingerprint density at radius 1 is 1.28 bits per heavy atom. The van der Waals surface area contributed by atoms with Crippen molar-refractivity contribution in [2.75, 3.05) is 60.5 Å². The molecule has 7 heteroatoms. The van der Waals surface area contributed by atoms with Gasteiger partial charge in [0.15, 0.2) is 0 Å². The van der Waals surface area contributed by atoms with Crippen molar-refractivity contribution in [1.82, 2.24) is 14.7 Å². The van der Waals surface area contributed by atoms with E-state index in [4.69, 9.17) is 11.6 Å². The lowest BCUT2D eigenvalue weighted by molar-refractivity contribution is 0.0778. The number of hydrogen-bond acceptors (Lipinski definition) is 4. The van der Waals surface area contributed by atoms with E-state index in [2.05, 4.69) is 16.8 Å². The molecule has 5 nitrogen and oxygen atoms in total. The number of carbonyl (C=O) groups excluding carboxylic acids is 1. The predicted molar refractivity (Wildman–Crippen MR) is 97.4 cm³/mol. The van der Waals surface area contributed by atoms with Gasteiger partial charge in [0.25, 0.3) is 5.91 Å². The van der Waals surface area contributed by atoms with E-state index >= 15 is 0 Å². The van der Waals surface area contributed by atoms with Gasteiger partial charge in [-0.25, -0.2) is 4.39 Å². The summed E-state index contributed by atoms with van der Waals surface area (Å²) in [4.78, 5) is 18.7. The van der Waals surface area contributed by atoms with Crippen molar-refractivity contribution in [2.24, 2.45) is 11.8 Å². The smallest absolute Gasteiger partial charge is 0.253 e. The number of carbonyl (C=O) groups is 1. The molecule has 0 saturated carbocycles. The summed E-state index contributed by atoms with van der Waals surface area (Å²) in [5, 5.41) is 9.68. The molecule has 0 bridgehead atoms. The number of aliphatic hydroxyl groups is 1. The van der Waals surface area contributed by atoms with E-state index in [1.807, 2.05) is 14.1 Å². The van der Waals surface area contributed by atoms with Crippen LogP contribution in [0.5, 0.6) is 0 Å². The molecular weight excluding hydrogens is 345 g/mol. The fraction of sp³-hybridized carbons (Fsp3) is 0.611.